The van der Waals surface area contributed by atoms with Crippen molar-refractivity contribution in [1.82, 2.24) is 0 Å². The van der Waals surface area contributed by atoms with E-state index >= 15 is 0 Å². The number of benzene rings is 2. The summed E-state index contributed by atoms with van der Waals surface area (Å²) in [6.45, 7) is 18.1. The quantitative estimate of drug-likeness (QED) is 0.411. The summed E-state index contributed by atoms with van der Waals surface area (Å²) in [5.74, 6) is 3.58. The topological polar surface area (TPSA) is 44.5 Å². The maximum Gasteiger partial charge on any atom is 0.173 e. The number of nitrogens with two attached hydrogens (primary N) is 1. The van der Waals surface area contributed by atoms with Gasteiger partial charge < -0.3 is 15.2 Å². The number of hydrogen-bond donors (Lipinski definition) is 1. The van der Waals surface area contributed by atoms with E-state index < -0.39 is 5.54 Å². The van der Waals surface area contributed by atoms with Gasteiger partial charge in [-0.2, -0.15) is 0 Å². The Morgan fingerprint density at radius 3 is 1.84 bits per heavy atom. The second-order valence-electron chi connectivity index (χ2n) is 9.59. The van der Waals surface area contributed by atoms with Gasteiger partial charge in [0.15, 0.2) is 11.5 Å². The zero-order valence-electron chi connectivity index (χ0n) is 20.7. The molecular formula is C27H42ClNO2. The van der Waals surface area contributed by atoms with Crippen LogP contribution in [0, 0.1) is 11.8 Å². The number of ether oxygens (including phenoxy) is 2. The van der Waals surface area contributed by atoms with E-state index in [1.165, 1.54) is 22.3 Å². The molecule has 0 atom stereocenters. The van der Waals surface area contributed by atoms with Crippen molar-refractivity contribution in [3.05, 3.63) is 52.6 Å². The molecule has 2 aromatic rings. The molecule has 0 aliphatic rings. The average molecular weight is 448 g/mol. The van der Waals surface area contributed by atoms with Gasteiger partial charge in [0.25, 0.3) is 0 Å². The SMILES string of the molecule is CCOc1c(CC)c(C(C)(C)N)c(CC(C)C)c(CC(C)C)c1Oc1ccccc1.Cl. The summed E-state index contributed by atoms with van der Waals surface area (Å²) in [5.41, 5.74) is 11.3. The normalized spacial score (nSPS) is 11.6. The fourth-order valence-electron chi connectivity index (χ4n) is 4.24. The largest absolute Gasteiger partial charge is 0.490 e. The van der Waals surface area contributed by atoms with Crippen LogP contribution in [0.5, 0.6) is 17.2 Å². The van der Waals surface area contributed by atoms with Crippen molar-refractivity contribution < 1.29 is 9.47 Å². The van der Waals surface area contributed by atoms with E-state index in [4.69, 9.17) is 15.2 Å². The summed E-state index contributed by atoms with van der Waals surface area (Å²) in [4.78, 5) is 0. The van der Waals surface area contributed by atoms with Crippen LogP contribution in [0.15, 0.2) is 30.3 Å². The lowest BCUT2D eigenvalue weighted by molar-refractivity contribution is 0.313. The Balaban J connectivity index is 0.00000480. The number of para-hydroxylation sites is 1. The first-order valence-electron chi connectivity index (χ1n) is 11.5. The number of halogens is 1. The van der Waals surface area contributed by atoms with Gasteiger partial charge >= 0.3 is 0 Å². The van der Waals surface area contributed by atoms with Gasteiger partial charge in [-0.25, -0.2) is 0 Å². The molecule has 0 spiro atoms. The van der Waals surface area contributed by atoms with Crippen molar-refractivity contribution in [2.75, 3.05) is 6.61 Å². The van der Waals surface area contributed by atoms with Crippen LogP contribution in [0.2, 0.25) is 0 Å². The van der Waals surface area contributed by atoms with Crippen LogP contribution in [0.1, 0.15) is 77.6 Å². The van der Waals surface area contributed by atoms with Crippen molar-refractivity contribution in [2.45, 2.75) is 80.2 Å². The molecule has 0 bridgehead atoms. The predicted molar refractivity (Wildman–Crippen MR) is 135 cm³/mol. The highest BCUT2D eigenvalue weighted by molar-refractivity contribution is 5.85. The third-order valence-electron chi connectivity index (χ3n) is 5.20. The van der Waals surface area contributed by atoms with E-state index in [9.17, 15) is 0 Å². The van der Waals surface area contributed by atoms with E-state index in [1.54, 1.807) is 0 Å². The first kappa shape index (κ1) is 27.3. The summed E-state index contributed by atoms with van der Waals surface area (Å²) in [5, 5.41) is 0. The van der Waals surface area contributed by atoms with E-state index in [2.05, 4.69) is 48.5 Å². The van der Waals surface area contributed by atoms with Gasteiger partial charge in [-0.05, 0) is 75.1 Å². The fourth-order valence-corrected chi connectivity index (χ4v) is 4.24. The highest BCUT2D eigenvalue weighted by atomic mass is 35.5. The molecule has 2 N–H and O–H groups in total. The van der Waals surface area contributed by atoms with Crippen molar-refractivity contribution in [3.63, 3.8) is 0 Å². The molecule has 0 saturated heterocycles. The standard InChI is InChI=1S/C27H41NO2.ClH/c1-9-21-24(27(7,8)28)22(16-18(3)4)23(17-19(5)6)26(25(21)29-10-2)30-20-14-12-11-13-15-20;/h11-15,18-19H,9-10,16-17,28H2,1-8H3;1H. The minimum atomic E-state index is -0.460. The summed E-state index contributed by atoms with van der Waals surface area (Å²) in [6.07, 6.45) is 2.75. The van der Waals surface area contributed by atoms with Crippen LogP contribution in [0.3, 0.4) is 0 Å². The minimum absolute atomic E-state index is 0. The van der Waals surface area contributed by atoms with Gasteiger partial charge in [-0.3, -0.25) is 0 Å². The fraction of sp³-hybridized carbons (Fsp3) is 0.556. The monoisotopic (exact) mass is 447 g/mol. The molecule has 4 heteroatoms. The average Bonchev–Trinajstić information content (AvgIpc) is 2.65. The van der Waals surface area contributed by atoms with Gasteiger partial charge in [0.05, 0.1) is 6.61 Å². The van der Waals surface area contributed by atoms with Crippen molar-refractivity contribution in [1.29, 1.82) is 0 Å². The molecular weight excluding hydrogens is 406 g/mol. The lowest BCUT2D eigenvalue weighted by Gasteiger charge is -2.33. The zero-order chi connectivity index (χ0) is 22.5. The summed E-state index contributed by atoms with van der Waals surface area (Å²) < 4.78 is 12.8. The van der Waals surface area contributed by atoms with Crippen molar-refractivity contribution in [2.24, 2.45) is 17.6 Å². The Labute approximate surface area is 196 Å². The Bertz CT molecular complexity index is 824. The van der Waals surface area contributed by atoms with E-state index in [0.29, 0.717) is 18.4 Å². The summed E-state index contributed by atoms with van der Waals surface area (Å²) >= 11 is 0. The van der Waals surface area contributed by atoms with Crippen LogP contribution in [0.25, 0.3) is 0 Å². The molecule has 0 heterocycles. The first-order valence-corrected chi connectivity index (χ1v) is 11.5. The second kappa shape index (κ2) is 11.8. The third-order valence-corrected chi connectivity index (χ3v) is 5.20. The van der Waals surface area contributed by atoms with E-state index in [1.807, 2.05) is 37.3 Å². The lowest BCUT2D eigenvalue weighted by Crippen LogP contribution is -2.33. The molecule has 0 saturated carbocycles. The van der Waals surface area contributed by atoms with Crippen LogP contribution >= 0.6 is 12.4 Å². The molecule has 0 fully saturated rings. The predicted octanol–water partition coefficient (Wildman–Crippen LogP) is 7.45. The number of hydrogen-bond acceptors (Lipinski definition) is 3. The lowest BCUT2D eigenvalue weighted by atomic mass is 9.78. The van der Waals surface area contributed by atoms with E-state index in [-0.39, 0.29) is 12.4 Å². The molecule has 0 unspecified atom stereocenters. The van der Waals surface area contributed by atoms with Crippen LogP contribution in [0.4, 0.5) is 0 Å². The third kappa shape index (κ3) is 6.89. The van der Waals surface area contributed by atoms with Crippen LogP contribution in [-0.4, -0.2) is 6.61 Å². The smallest absolute Gasteiger partial charge is 0.173 e. The maximum atomic E-state index is 6.78. The molecule has 174 valence electrons. The second-order valence-corrected chi connectivity index (χ2v) is 9.59. The Kier molecular flexibility index (Phi) is 10.4. The summed E-state index contributed by atoms with van der Waals surface area (Å²) in [6, 6.07) is 10.0. The van der Waals surface area contributed by atoms with Crippen LogP contribution in [-0.2, 0) is 24.8 Å². The highest BCUT2D eigenvalue weighted by Crippen LogP contribution is 2.47. The molecule has 0 aromatic heterocycles. The Hall–Kier alpha value is -1.71. The molecule has 0 amide bonds. The van der Waals surface area contributed by atoms with Gasteiger partial charge in [-0.1, -0.05) is 52.8 Å². The molecule has 31 heavy (non-hydrogen) atoms. The molecule has 0 aliphatic carbocycles. The Morgan fingerprint density at radius 1 is 0.839 bits per heavy atom. The first-order chi connectivity index (χ1) is 14.1. The van der Waals surface area contributed by atoms with E-state index in [0.717, 1.165) is 36.5 Å². The van der Waals surface area contributed by atoms with Gasteiger partial charge in [-0.15, -0.1) is 12.4 Å². The van der Waals surface area contributed by atoms with Gasteiger partial charge in [0.1, 0.15) is 5.75 Å². The maximum absolute atomic E-state index is 6.78. The van der Waals surface area contributed by atoms with Gasteiger partial charge in [0.2, 0.25) is 0 Å². The number of rotatable bonds is 10. The van der Waals surface area contributed by atoms with Gasteiger partial charge in [0, 0.05) is 16.7 Å². The van der Waals surface area contributed by atoms with Crippen molar-refractivity contribution in [3.8, 4) is 17.2 Å². The molecule has 0 aliphatic heterocycles. The molecule has 2 aromatic carbocycles. The molecule has 3 nitrogen and oxygen atoms in total. The van der Waals surface area contributed by atoms with Crippen molar-refractivity contribution >= 4 is 12.4 Å². The molecule has 0 radical (unpaired) electrons. The molecule has 2 rings (SSSR count). The van der Waals surface area contributed by atoms with Crippen LogP contribution < -0.4 is 15.2 Å². The zero-order valence-corrected chi connectivity index (χ0v) is 21.5. The highest BCUT2D eigenvalue weighted by Gasteiger charge is 2.32. The Morgan fingerprint density at radius 2 is 1.39 bits per heavy atom. The minimum Gasteiger partial charge on any atom is -0.490 e. The summed E-state index contributed by atoms with van der Waals surface area (Å²) in [7, 11) is 0.